The molecule has 0 aliphatic carbocycles. The molecule has 0 radical (unpaired) electrons. The third-order valence-electron chi connectivity index (χ3n) is 3.05. The van der Waals surface area contributed by atoms with Crippen molar-refractivity contribution in [2.45, 2.75) is 12.5 Å². The van der Waals surface area contributed by atoms with E-state index in [1.54, 1.807) is 31.2 Å². The minimum absolute atomic E-state index is 0.412. The Hall–Kier alpha value is -1.88. The van der Waals surface area contributed by atoms with Crippen LogP contribution in [0.25, 0.3) is 0 Å². The van der Waals surface area contributed by atoms with Gasteiger partial charge in [-0.15, -0.1) is 0 Å². The number of rotatable bonds is 4. The average molecular weight is 338 g/mol. The molecule has 0 heterocycles. The van der Waals surface area contributed by atoms with Gasteiger partial charge in [0.2, 0.25) is 0 Å². The highest BCUT2D eigenvalue weighted by Gasteiger charge is 2.35. The Morgan fingerprint density at radius 3 is 2.55 bits per heavy atom. The number of halogens is 2. The van der Waals surface area contributed by atoms with E-state index in [0.717, 1.165) is 4.47 Å². The minimum atomic E-state index is -1.35. The molecule has 104 valence electrons. The van der Waals surface area contributed by atoms with Crippen LogP contribution in [-0.2, 0) is 10.3 Å². The summed E-state index contributed by atoms with van der Waals surface area (Å²) in [6.07, 6.45) is 0. The highest BCUT2D eigenvalue weighted by molar-refractivity contribution is 9.10. The maximum Gasteiger partial charge on any atom is 0.333 e. The Labute approximate surface area is 124 Å². The van der Waals surface area contributed by atoms with Gasteiger partial charge in [0.25, 0.3) is 0 Å². The van der Waals surface area contributed by atoms with Crippen LogP contribution < -0.4 is 5.32 Å². The van der Waals surface area contributed by atoms with Gasteiger partial charge in [-0.25, -0.2) is 9.18 Å². The van der Waals surface area contributed by atoms with Gasteiger partial charge >= 0.3 is 5.97 Å². The second-order valence-electron chi connectivity index (χ2n) is 4.58. The molecule has 0 fully saturated rings. The van der Waals surface area contributed by atoms with Crippen molar-refractivity contribution in [3.05, 3.63) is 64.4 Å². The van der Waals surface area contributed by atoms with Crippen molar-refractivity contribution in [2.24, 2.45) is 0 Å². The number of benzene rings is 2. The molecule has 0 saturated heterocycles. The van der Waals surface area contributed by atoms with Crippen LogP contribution in [0.2, 0.25) is 0 Å². The molecule has 0 bridgehead atoms. The molecule has 0 aromatic heterocycles. The third-order valence-corrected chi connectivity index (χ3v) is 3.54. The second-order valence-corrected chi connectivity index (χ2v) is 5.49. The summed E-state index contributed by atoms with van der Waals surface area (Å²) in [7, 11) is 0. The summed E-state index contributed by atoms with van der Waals surface area (Å²) in [5.74, 6) is -1.46. The van der Waals surface area contributed by atoms with Gasteiger partial charge in [0.05, 0.1) is 0 Å². The summed E-state index contributed by atoms with van der Waals surface area (Å²) in [5.41, 5.74) is -0.365. The highest BCUT2D eigenvalue weighted by atomic mass is 79.9. The van der Waals surface area contributed by atoms with Crippen LogP contribution >= 0.6 is 15.9 Å². The molecule has 0 amide bonds. The number of carboxylic acid groups (broad SMARTS) is 1. The zero-order valence-electron chi connectivity index (χ0n) is 10.7. The van der Waals surface area contributed by atoms with Gasteiger partial charge in [-0.2, -0.15) is 0 Å². The van der Waals surface area contributed by atoms with E-state index >= 15 is 0 Å². The van der Waals surface area contributed by atoms with E-state index in [2.05, 4.69) is 21.2 Å². The lowest BCUT2D eigenvalue weighted by Crippen LogP contribution is -2.40. The molecular weight excluding hydrogens is 325 g/mol. The zero-order chi connectivity index (χ0) is 14.8. The van der Waals surface area contributed by atoms with E-state index in [9.17, 15) is 14.3 Å². The van der Waals surface area contributed by atoms with E-state index in [0.29, 0.717) is 11.3 Å². The van der Waals surface area contributed by atoms with Crippen LogP contribution in [0.3, 0.4) is 0 Å². The fraction of sp³-hybridized carbons (Fsp3) is 0.133. The molecule has 0 aliphatic rings. The van der Waals surface area contributed by atoms with E-state index in [1.165, 1.54) is 18.2 Å². The number of hydrogen-bond acceptors (Lipinski definition) is 2. The van der Waals surface area contributed by atoms with Crippen LogP contribution in [0, 0.1) is 5.82 Å². The fourth-order valence-corrected chi connectivity index (χ4v) is 2.30. The lowest BCUT2D eigenvalue weighted by molar-refractivity contribution is -0.142. The van der Waals surface area contributed by atoms with Crippen LogP contribution in [-0.4, -0.2) is 11.1 Å². The predicted molar refractivity (Wildman–Crippen MR) is 79.2 cm³/mol. The van der Waals surface area contributed by atoms with E-state index in [-0.39, 0.29) is 0 Å². The molecule has 20 heavy (non-hydrogen) atoms. The summed E-state index contributed by atoms with van der Waals surface area (Å²) >= 11 is 3.32. The molecule has 2 rings (SSSR count). The first-order valence-corrected chi connectivity index (χ1v) is 6.74. The SMILES string of the molecule is CC(Nc1cccc(F)c1)(C(=O)O)c1cccc(Br)c1. The number of anilines is 1. The van der Waals surface area contributed by atoms with Crippen LogP contribution in [0.5, 0.6) is 0 Å². The zero-order valence-corrected chi connectivity index (χ0v) is 12.3. The topological polar surface area (TPSA) is 49.3 Å². The maximum atomic E-state index is 13.2. The first-order valence-electron chi connectivity index (χ1n) is 5.95. The van der Waals surface area contributed by atoms with Crippen LogP contribution in [0.1, 0.15) is 12.5 Å². The van der Waals surface area contributed by atoms with Crippen molar-refractivity contribution in [1.82, 2.24) is 0 Å². The maximum absolute atomic E-state index is 13.2. The monoisotopic (exact) mass is 337 g/mol. The Balaban J connectivity index is 2.42. The van der Waals surface area contributed by atoms with Gasteiger partial charge in [0.15, 0.2) is 5.54 Å². The normalized spacial score (nSPS) is 13.6. The van der Waals surface area contributed by atoms with E-state index in [4.69, 9.17) is 0 Å². The van der Waals surface area contributed by atoms with Crippen molar-refractivity contribution in [2.75, 3.05) is 5.32 Å². The smallest absolute Gasteiger partial charge is 0.333 e. The van der Waals surface area contributed by atoms with E-state index in [1.807, 2.05) is 6.07 Å². The molecule has 2 aromatic rings. The fourth-order valence-electron chi connectivity index (χ4n) is 1.90. The Kier molecular flexibility index (Phi) is 4.09. The number of carboxylic acids is 1. The predicted octanol–water partition coefficient (Wildman–Crippen LogP) is 4.00. The quantitative estimate of drug-likeness (QED) is 0.886. The first kappa shape index (κ1) is 14.5. The second kappa shape index (κ2) is 5.63. The summed E-state index contributed by atoms with van der Waals surface area (Å²) < 4.78 is 14.0. The van der Waals surface area contributed by atoms with Crippen LogP contribution in [0.15, 0.2) is 53.0 Å². The lowest BCUT2D eigenvalue weighted by Gasteiger charge is -2.28. The molecule has 1 unspecified atom stereocenters. The highest BCUT2D eigenvalue weighted by Crippen LogP contribution is 2.28. The number of hydrogen-bond donors (Lipinski definition) is 2. The molecular formula is C15H13BrFNO2. The van der Waals surface area contributed by atoms with E-state index < -0.39 is 17.3 Å². The number of aliphatic carboxylic acids is 1. The third kappa shape index (κ3) is 2.99. The molecule has 5 heteroatoms. The average Bonchev–Trinajstić information content (AvgIpc) is 2.38. The Morgan fingerprint density at radius 2 is 1.95 bits per heavy atom. The van der Waals surface area contributed by atoms with Gasteiger partial charge in [0.1, 0.15) is 5.82 Å². The summed E-state index contributed by atoms with van der Waals surface area (Å²) in [6.45, 7) is 1.54. The molecule has 2 N–H and O–H groups in total. The Morgan fingerprint density at radius 1 is 1.25 bits per heavy atom. The molecule has 3 nitrogen and oxygen atoms in total. The van der Waals surface area contributed by atoms with Gasteiger partial charge in [0, 0.05) is 10.2 Å². The first-order chi connectivity index (χ1) is 9.41. The molecule has 0 aliphatic heterocycles. The minimum Gasteiger partial charge on any atom is -0.479 e. The number of carbonyl (C=O) groups is 1. The largest absolute Gasteiger partial charge is 0.479 e. The standard InChI is InChI=1S/C15H13BrFNO2/c1-15(14(19)20,10-4-2-5-11(16)8-10)18-13-7-3-6-12(17)9-13/h2-9,18H,1H3,(H,19,20). The van der Waals surface area contributed by atoms with Gasteiger partial charge < -0.3 is 10.4 Å². The van der Waals surface area contributed by atoms with Gasteiger partial charge in [-0.05, 0) is 42.8 Å². The van der Waals surface area contributed by atoms with Crippen molar-refractivity contribution < 1.29 is 14.3 Å². The van der Waals surface area contributed by atoms with Crippen molar-refractivity contribution in [3.63, 3.8) is 0 Å². The molecule has 1 atom stereocenters. The van der Waals surface area contributed by atoms with Gasteiger partial charge in [-0.1, -0.05) is 34.1 Å². The number of nitrogens with one attached hydrogen (secondary N) is 1. The van der Waals surface area contributed by atoms with Crippen molar-refractivity contribution in [3.8, 4) is 0 Å². The molecule has 2 aromatic carbocycles. The van der Waals surface area contributed by atoms with Crippen LogP contribution in [0.4, 0.5) is 10.1 Å². The molecule has 0 saturated carbocycles. The lowest BCUT2D eigenvalue weighted by atomic mass is 9.91. The Bertz CT molecular complexity index is 647. The summed E-state index contributed by atoms with van der Waals surface area (Å²) in [5, 5.41) is 12.4. The van der Waals surface area contributed by atoms with Crippen molar-refractivity contribution in [1.29, 1.82) is 0 Å². The van der Waals surface area contributed by atoms with Crippen molar-refractivity contribution >= 4 is 27.6 Å². The molecule has 0 spiro atoms. The van der Waals surface area contributed by atoms with Gasteiger partial charge in [-0.3, -0.25) is 0 Å². The summed E-state index contributed by atoms with van der Waals surface area (Å²) in [4.78, 5) is 11.7. The summed E-state index contributed by atoms with van der Waals surface area (Å²) in [6, 6.07) is 12.7.